The molecule has 0 N–H and O–H groups in total. The van der Waals surface area contributed by atoms with E-state index in [1.807, 2.05) is 12.1 Å². The van der Waals surface area contributed by atoms with Crippen LogP contribution < -0.4 is 0 Å². The third-order valence-electron chi connectivity index (χ3n) is 4.98. The predicted octanol–water partition coefficient (Wildman–Crippen LogP) is 5.68. The van der Waals surface area contributed by atoms with Crippen molar-refractivity contribution in [2.75, 3.05) is 0 Å². The lowest BCUT2D eigenvalue weighted by atomic mass is 10.00. The monoisotopic (exact) mass is 320 g/mol. The maximum Gasteiger partial charge on any atom is 0.144 e. The first-order valence-electron chi connectivity index (χ1n) is 8.25. The van der Waals surface area contributed by atoms with Crippen molar-refractivity contribution in [3.8, 4) is 11.3 Å². The first kappa shape index (κ1) is 12.9. The van der Waals surface area contributed by atoms with Gasteiger partial charge in [0.05, 0.1) is 5.69 Å². The van der Waals surface area contributed by atoms with E-state index in [1.54, 1.807) is 12.5 Å². The van der Waals surface area contributed by atoms with E-state index in [1.165, 1.54) is 21.9 Å². The minimum atomic E-state index is 0.872. The molecule has 25 heavy (non-hydrogen) atoms. The molecule has 2 aromatic heterocycles. The Balaban J connectivity index is 1.81. The summed E-state index contributed by atoms with van der Waals surface area (Å²) < 4.78 is 6.39. The smallest absolute Gasteiger partial charge is 0.144 e. The molecule has 0 amide bonds. The first-order valence-corrected chi connectivity index (χ1v) is 8.25. The normalized spacial score (nSPS) is 12.6. The van der Waals surface area contributed by atoms with Crippen molar-refractivity contribution in [3.05, 3.63) is 72.2 Å². The molecule has 5 aromatic rings. The van der Waals surface area contributed by atoms with E-state index in [2.05, 4.69) is 58.5 Å². The van der Waals surface area contributed by atoms with E-state index < -0.39 is 0 Å². The summed E-state index contributed by atoms with van der Waals surface area (Å²) in [4.78, 5) is 8.41. The number of benzene rings is 3. The fourth-order valence-electron chi connectivity index (χ4n) is 3.89. The quantitative estimate of drug-likeness (QED) is 0.391. The minimum absolute atomic E-state index is 0.872. The standard InChI is InChI=1S/C22H12N2O/c1-3-13-7-8-17-20(13)14(4-1)11-18-15-5-2-6-16(21(15)25-22(17)18)19-9-10-23-12-24-19/h1-12H. The summed E-state index contributed by atoms with van der Waals surface area (Å²) in [6.45, 7) is 0. The van der Waals surface area contributed by atoms with Crippen LogP contribution in [0, 0.1) is 0 Å². The Kier molecular flexibility index (Phi) is 2.35. The number of fused-ring (bicyclic) bond motifs is 4. The van der Waals surface area contributed by atoms with E-state index in [0.29, 0.717) is 0 Å². The average molecular weight is 320 g/mol. The van der Waals surface area contributed by atoms with Crippen molar-refractivity contribution in [3.63, 3.8) is 0 Å². The average Bonchev–Trinajstić information content (AvgIpc) is 3.26. The number of furan rings is 1. The second-order valence-electron chi connectivity index (χ2n) is 6.32. The van der Waals surface area contributed by atoms with Gasteiger partial charge in [-0.25, -0.2) is 9.97 Å². The van der Waals surface area contributed by atoms with Crippen molar-refractivity contribution in [2.45, 2.75) is 0 Å². The van der Waals surface area contributed by atoms with Gasteiger partial charge in [-0.2, -0.15) is 0 Å². The lowest BCUT2D eigenvalue weighted by molar-refractivity contribution is 0.669. The highest BCUT2D eigenvalue weighted by molar-refractivity contribution is 6.20. The Hall–Kier alpha value is -3.46. The molecule has 0 saturated heterocycles. The van der Waals surface area contributed by atoms with Crippen LogP contribution in [-0.2, 0) is 0 Å². The minimum Gasteiger partial charge on any atom is -0.455 e. The summed E-state index contributed by atoms with van der Waals surface area (Å²) in [5, 5.41) is 4.80. The van der Waals surface area contributed by atoms with E-state index in [9.17, 15) is 0 Å². The molecule has 3 heteroatoms. The molecule has 0 spiro atoms. The maximum atomic E-state index is 6.39. The van der Waals surface area contributed by atoms with E-state index in [-0.39, 0.29) is 0 Å². The van der Waals surface area contributed by atoms with Gasteiger partial charge in [0.25, 0.3) is 0 Å². The van der Waals surface area contributed by atoms with Crippen molar-refractivity contribution >= 4 is 44.9 Å². The molecule has 0 unspecified atom stereocenters. The van der Waals surface area contributed by atoms with E-state index in [0.717, 1.165) is 33.2 Å². The zero-order valence-electron chi connectivity index (χ0n) is 13.2. The molecule has 1 aliphatic carbocycles. The topological polar surface area (TPSA) is 38.9 Å². The van der Waals surface area contributed by atoms with Crippen molar-refractivity contribution in [1.29, 1.82) is 0 Å². The SMILES string of the molecule is C1=Cc2c3oc4c(-c5ccncn5)cccc4c3cc3cccc1c23. The number of para-hydroxylation sites is 1. The van der Waals surface area contributed by atoms with Gasteiger partial charge in [-0.3, -0.25) is 0 Å². The molecule has 116 valence electrons. The van der Waals surface area contributed by atoms with Crippen LogP contribution in [0.15, 0.2) is 65.5 Å². The third kappa shape index (κ3) is 1.64. The number of rotatable bonds is 1. The summed E-state index contributed by atoms with van der Waals surface area (Å²) >= 11 is 0. The first-order chi connectivity index (χ1) is 12.4. The second-order valence-corrected chi connectivity index (χ2v) is 6.32. The molecule has 1 aliphatic rings. The fourth-order valence-corrected chi connectivity index (χ4v) is 3.89. The van der Waals surface area contributed by atoms with Crippen LogP contribution in [0.1, 0.15) is 11.1 Å². The van der Waals surface area contributed by atoms with Crippen LogP contribution in [0.5, 0.6) is 0 Å². The van der Waals surface area contributed by atoms with E-state index >= 15 is 0 Å². The van der Waals surface area contributed by atoms with Gasteiger partial charge in [-0.05, 0) is 40.6 Å². The van der Waals surface area contributed by atoms with Crippen LogP contribution in [0.4, 0.5) is 0 Å². The van der Waals surface area contributed by atoms with Crippen molar-refractivity contribution in [2.24, 2.45) is 0 Å². The van der Waals surface area contributed by atoms with Crippen LogP contribution >= 0.6 is 0 Å². The molecule has 3 nitrogen and oxygen atoms in total. The molecular formula is C22H12N2O. The lowest BCUT2D eigenvalue weighted by Crippen LogP contribution is -1.84. The number of hydrogen-bond donors (Lipinski definition) is 0. The Bertz CT molecular complexity index is 1330. The van der Waals surface area contributed by atoms with Gasteiger partial charge < -0.3 is 4.42 Å². The molecular weight excluding hydrogens is 308 g/mol. The van der Waals surface area contributed by atoms with Crippen LogP contribution in [0.2, 0.25) is 0 Å². The summed E-state index contributed by atoms with van der Waals surface area (Å²) in [7, 11) is 0. The highest BCUT2D eigenvalue weighted by atomic mass is 16.3. The van der Waals surface area contributed by atoms with Crippen LogP contribution in [0.25, 0.3) is 56.1 Å². The van der Waals surface area contributed by atoms with Gasteiger partial charge in [-0.15, -0.1) is 0 Å². The largest absolute Gasteiger partial charge is 0.455 e. The zero-order chi connectivity index (χ0) is 16.4. The van der Waals surface area contributed by atoms with Crippen molar-refractivity contribution < 1.29 is 4.42 Å². The number of nitrogens with zero attached hydrogens (tertiary/aromatic N) is 2. The Labute approximate surface area is 143 Å². The fraction of sp³-hybridized carbons (Fsp3) is 0. The number of hydrogen-bond acceptors (Lipinski definition) is 3. The van der Waals surface area contributed by atoms with Gasteiger partial charge in [-0.1, -0.05) is 36.4 Å². The van der Waals surface area contributed by atoms with Gasteiger partial charge in [0, 0.05) is 28.1 Å². The van der Waals surface area contributed by atoms with Gasteiger partial charge in [0.15, 0.2) is 0 Å². The maximum absolute atomic E-state index is 6.39. The molecule has 2 heterocycles. The highest BCUT2D eigenvalue weighted by Gasteiger charge is 2.19. The molecule has 6 rings (SSSR count). The van der Waals surface area contributed by atoms with Crippen molar-refractivity contribution in [1.82, 2.24) is 9.97 Å². The summed E-state index contributed by atoms with van der Waals surface area (Å²) in [6.07, 6.45) is 7.65. The third-order valence-corrected chi connectivity index (χ3v) is 4.98. The van der Waals surface area contributed by atoms with Crippen LogP contribution in [0.3, 0.4) is 0 Å². The Morgan fingerprint density at radius 3 is 2.72 bits per heavy atom. The molecule has 3 aromatic carbocycles. The lowest BCUT2D eigenvalue weighted by Gasteiger charge is -2.02. The Morgan fingerprint density at radius 1 is 0.840 bits per heavy atom. The summed E-state index contributed by atoms with van der Waals surface area (Å²) in [5.41, 5.74) is 6.13. The molecule has 0 aliphatic heterocycles. The molecule has 0 radical (unpaired) electrons. The zero-order valence-corrected chi connectivity index (χ0v) is 13.2. The van der Waals surface area contributed by atoms with Gasteiger partial charge in [0.2, 0.25) is 0 Å². The Morgan fingerprint density at radius 2 is 1.80 bits per heavy atom. The molecule has 0 fully saturated rings. The van der Waals surface area contributed by atoms with Crippen LogP contribution in [-0.4, -0.2) is 9.97 Å². The predicted molar refractivity (Wildman–Crippen MR) is 101 cm³/mol. The molecule has 0 bridgehead atoms. The second kappa shape index (κ2) is 4.54. The summed E-state index contributed by atoms with van der Waals surface area (Å²) in [5.74, 6) is 0. The number of aromatic nitrogens is 2. The van der Waals surface area contributed by atoms with E-state index in [4.69, 9.17) is 4.42 Å². The molecule has 0 atom stereocenters. The highest BCUT2D eigenvalue weighted by Crippen LogP contribution is 2.42. The summed E-state index contributed by atoms with van der Waals surface area (Å²) in [6, 6.07) is 16.8. The van der Waals surface area contributed by atoms with Gasteiger partial charge >= 0.3 is 0 Å². The molecule has 0 saturated carbocycles. The van der Waals surface area contributed by atoms with Gasteiger partial charge in [0.1, 0.15) is 17.5 Å².